The van der Waals surface area contributed by atoms with Crippen LogP contribution in [0.3, 0.4) is 0 Å². The molecule has 0 radical (unpaired) electrons. The number of nitrogens with zero attached hydrogens (tertiary/aromatic N) is 2. The van der Waals surface area contributed by atoms with Gasteiger partial charge in [-0.15, -0.1) is 0 Å². The van der Waals surface area contributed by atoms with E-state index in [-0.39, 0.29) is 12.3 Å². The highest BCUT2D eigenvalue weighted by Crippen LogP contribution is 2.13. The number of amides is 1. The van der Waals surface area contributed by atoms with Gasteiger partial charge in [0.1, 0.15) is 6.07 Å². The molecule has 1 heterocycles. The molecule has 0 saturated heterocycles. The monoisotopic (exact) mass is 237 g/mol. The van der Waals surface area contributed by atoms with E-state index in [9.17, 15) is 4.79 Å². The van der Waals surface area contributed by atoms with Gasteiger partial charge < -0.3 is 5.32 Å². The topological polar surface area (TPSA) is 65.8 Å². The summed E-state index contributed by atoms with van der Waals surface area (Å²) in [4.78, 5) is 15.7. The summed E-state index contributed by atoms with van der Waals surface area (Å²) in [7, 11) is 0. The van der Waals surface area contributed by atoms with Crippen molar-refractivity contribution in [3.05, 3.63) is 59.9 Å². The number of carbonyl (C=O) groups excluding carboxylic acids is 1. The van der Waals surface area contributed by atoms with Crippen molar-refractivity contribution < 1.29 is 4.79 Å². The van der Waals surface area contributed by atoms with Crippen molar-refractivity contribution in [2.75, 3.05) is 5.32 Å². The summed E-state index contributed by atoms with van der Waals surface area (Å²) in [5.41, 5.74) is 1.89. The second-order valence-electron chi connectivity index (χ2n) is 3.74. The van der Waals surface area contributed by atoms with Gasteiger partial charge in [-0.05, 0) is 29.8 Å². The number of aromatic nitrogens is 1. The van der Waals surface area contributed by atoms with Crippen LogP contribution in [-0.4, -0.2) is 10.9 Å². The number of pyridine rings is 1. The first-order valence-electron chi connectivity index (χ1n) is 5.47. The molecule has 0 bridgehead atoms. The average molecular weight is 237 g/mol. The van der Waals surface area contributed by atoms with E-state index in [4.69, 9.17) is 5.26 Å². The van der Waals surface area contributed by atoms with Crippen LogP contribution in [0.15, 0.2) is 48.8 Å². The minimum Gasteiger partial charge on any atom is -0.325 e. The van der Waals surface area contributed by atoms with Crippen LogP contribution in [0.2, 0.25) is 0 Å². The number of nitriles is 1. The van der Waals surface area contributed by atoms with E-state index < -0.39 is 0 Å². The molecule has 0 fully saturated rings. The lowest BCUT2D eigenvalue weighted by Gasteiger charge is -2.06. The van der Waals surface area contributed by atoms with Crippen LogP contribution in [0.5, 0.6) is 0 Å². The molecular formula is C14H11N3O. The Labute approximate surface area is 105 Å². The molecule has 1 amide bonds. The van der Waals surface area contributed by atoms with Crippen molar-refractivity contribution >= 4 is 11.6 Å². The van der Waals surface area contributed by atoms with E-state index in [1.807, 2.05) is 6.07 Å². The highest BCUT2D eigenvalue weighted by molar-refractivity contribution is 5.93. The maximum Gasteiger partial charge on any atom is 0.228 e. The maximum absolute atomic E-state index is 11.8. The summed E-state index contributed by atoms with van der Waals surface area (Å²) in [6.07, 6.45) is 3.56. The number of rotatable bonds is 3. The lowest BCUT2D eigenvalue weighted by Crippen LogP contribution is -2.15. The van der Waals surface area contributed by atoms with Crippen LogP contribution >= 0.6 is 0 Å². The average Bonchev–Trinajstić information content (AvgIpc) is 2.40. The second kappa shape index (κ2) is 5.60. The lowest BCUT2D eigenvalue weighted by molar-refractivity contribution is -0.115. The first kappa shape index (κ1) is 11.8. The van der Waals surface area contributed by atoms with Crippen molar-refractivity contribution in [3.63, 3.8) is 0 Å². The number of nitrogens with one attached hydrogen (secondary N) is 1. The SMILES string of the molecule is N#Cc1ccccc1NC(=O)Cc1ccncc1. The molecule has 0 aliphatic carbocycles. The molecular weight excluding hydrogens is 226 g/mol. The minimum atomic E-state index is -0.149. The van der Waals surface area contributed by atoms with Gasteiger partial charge in [0.05, 0.1) is 17.7 Å². The fourth-order valence-corrected chi connectivity index (χ4v) is 1.57. The maximum atomic E-state index is 11.8. The van der Waals surface area contributed by atoms with Gasteiger partial charge in [-0.25, -0.2) is 0 Å². The van der Waals surface area contributed by atoms with Gasteiger partial charge in [0.15, 0.2) is 0 Å². The Balaban J connectivity index is 2.06. The van der Waals surface area contributed by atoms with Gasteiger partial charge in [-0.1, -0.05) is 12.1 Å². The smallest absolute Gasteiger partial charge is 0.228 e. The van der Waals surface area contributed by atoms with Crippen molar-refractivity contribution in [3.8, 4) is 6.07 Å². The van der Waals surface area contributed by atoms with Crippen LogP contribution in [0, 0.1) is 11.3 Å². The van der Waals surface area contributed by atoms with Crippen LogP contribution in [0.4, 0.5) is 5.69 Å². The number of anilines is 1. The third-order valence-corrected chi connectivity index (χ3v) is 2.44. The fraction of sp³-hybridized carbons (Fsp3) is 0.0714. The molecule has 2 rings (SSSR count). The van der Waals surface area contributed by atoms with Gasteiger partial charge in [-0.3, -0.25) is 9.78 Å². The van der Waals surface area contributed by atoms with E-state index >= 15 is 0 Å². The summed E-state index contributed by atoms with van der Waals surface area (Å²) < 4.78 is 0. The fourth-order valence-electron chi connectivity index (χ4n) is 1.57. The normalized spacial score (nSPS) is 9.50. The third-order valence-electron chi connectivity index (χ3n) is 2.44. The van der Waals surface area contributed by atoms with E-state index in [0.29, 0.717) is 11.3 Å². The predicted molar refractivity (Wildman–Crippen MR) is 67.7 cm³/mol. The van der Waals surface area contributed by atoms with Gasteiger partial charge in [-0.2, -0.15) is 5.26 Å². The summed E-state index contributed by atoms with van der Waals surface area (Å²) >= 11 is 0. The summed E-state index contributed by atoms with van der Waals surface area (Å²) in [5.74, 6) is -0.149. The molecule has 0 unspecified atom stereocenters. The molecule has 2 aromatic rings. The largest absolute Gasteiger partial charge is 0.325 e. The van der Waals surface area contributed by atoms with Crippen molar-refractivity contribution in [1.29, 1.82) is 5.26 Å². The molecule has 4 heteroatoms. The number of benzene rings is 1. The van der Waals surface area contributed by atoms with Gasteiger partial charge in [0.2, 0.25) is 5.91 Å². The van der Waals surface area contributed by atoms with Crippen LogP contribution in [0.25, 0.3) is 0 Å². The first-order chi connectivity index (χ1) is 8.79. The Morgan fingerprint density at radius 2 is 1.94 bits per heavy atom. The summed E-state index contributed by atoms with van der Waals surface area (Å²) in [6, 6.07) is 12.5. The molecule has 88 valence electrons. The predicted octanol–water partition coefficient (Wildman–Crippen LogP) is 2.13. The van der Waals surface area contributed by atoms with Crippen molar-refractivity contribution in [1.82, 2.24) is 4.98 Å². The molecule has 4 nitrogen and oxygen atoms in total. The van der Waals surface area contributed by atoms with E-state index in [0.717, 1.165) is 5.56 Å². The van der Waals surface area contributed by atoms with E-state index in [2.05, 4.69) is 10.3 Å². The molecule has 0 spiro atoms. The van der Waals surface area contributed by atoms with Gasteiger partial charge in [0.25, 0.3) is 0 Å². The zero-order chi connectivity index (χ0) is 12.8. The molecule has 1 N–H and O–H groups in total. The highest BCUT2D eigenvalue weighted by Gasteiger charge is 2.06. The minimum absolute atomic E-state index is 0.149. The van der Waals surface area contributed by atoms with Crippen LogP contribution in [0.1, 0.15) is 11.1 Å². The Kier molecular flexibility index (Phi) is 3.67. The van der Waals surface area contributed by atoms with Crippen molar-refractivity contribution in [2.45, 2.75) is 6.42 Å². The number of hydrogen-bond donors (Lipinski definition) is 1. The quantitative estimate of drug-likeness (QED) is 0.889. The lowest BCUT2D eigenvalue weighted by atomic mass is 10.1. The van der Waals surface area contributed by atoms with E-state index in [1.165, 1.54) is 0 Å². The van der Waals surface area contributed by atoms with Gasteiger partial charge >= 0.3 is 0 Å². The zero-order valence-corrected chi connectivity index (χ0v) is 9.63. The zero-order valence-electron chi connectivity index (χ0n) is 9.63. The first-order valence-corrected chi connectivity index (χ1v) is 5.47. The molecule has 0 aliphatic heterocycles. The number of para-hydroxylation sites is 1. The number of hydrogen-bond acceptors (Lipinski definition) is 3. The Morgan fingerprint density at radius 1 is 1.22 bits per heavy atom. The van der Waals surface area contributed by atoms with Crippen LogP contribution < -0.4 is 5.32 Å². The number of carbonyl (C=O) groups is 1. The molecule has 0 saturated carbocycles. The Morgan fingerprint density at radius 3 is 2.67 bits per heavy atom. The van der Waals surface area contributed by atoms with Crippen LogP contribution in [-0.2, 0) is 11.2 Å². The molecule has 0 atom stereocenters. The Hall–Kier alpha value is -2.67. The standard InChI is InChI=1S/C14H11N3O/c15-10-12-3-1-2-4-13(12)17-14(18)9-11-5-7-16-8-6-11/h1-8H,9H2,(H,17,18). The molecule has 18 heavy (non-hydrogen) atoms. The van der Waals surface area contributed by atoms with E-state index in [1.54, 1.807) is 48.8 Å². The summed E-state index contributed by atoms with van der Waals surface area (Å²) in [6.45, 7) is 0. The van der Waals surface area contributed by atoms with Crippen molar-refractivity contribution in [2.24, 2.45) is 0 Å². The Bertz CT molecular complexity index is 587. The second-order valence-corrected chi connectivity index (χ2v) is 3.74. The molecule has 0 aliphatic rings. The highest BCUT2D eigenvalue weighted by atomic mass is 16.1. The summed E-state index contributed by atoms with van der Waals surface area (Å²) in [5, 5.41) is 11.6. The molecule has 1 aromatic heterocycles. The third kappa shape index (κ3) is 2.92. The molecule has 1 aromatic carbocycles. The van der Waals surface area contributed by atoms with Gasteiger partial charge in [0, 0.05) is 12.4 Å².